The lowest BCUT2D eigenvalue weighted by molar-refractivity contribution is 0.691. The quantitative estimate of drug-likeness (QED) is 0.756. The van der Waals surface area contributed by atoms with E-state index in [4.69, 9.17) is 5.73 Å². The van der Waals surface area contributed by atoms with E-state index < -0.39 is 0 Å². The Morgan fingerprint density at radius 3 is 2.90 bits per heavy atom. The maximum Gasteiger partial charge on any atom is 0.129 e. The number of anilines is 1. The Labute approximate surface area is 128 Å². The Hall–Kier alpha value is -1.98. The maximum atomic E-state index is 5.79. The van der Waals surface area contributed by atoms with Gasteiger partial charge in [-0.3, -0.25) is 0 Å². The number of nitrogens with two attached hydrogens (primary N) is 1. The number of benzene rings is 1. The van der Waals surface area contributed by atoms with Gasteiger partial charge in [0, 0.05) is 11.6 Å². The van der Waals surface area contributed by atoms with Crippen LogP contribution in [0.25, 0.3) is 10.1 Å². The molecule has 108 valence electrons. The smallest absolute Gasteiger partial charge is 0.129 e. The normalized spacial score (nSPS) is 12.5. The van der Waals surface area contributed by atoms with Crippen molar-refractivity contribution in [2.24, 2.45) is 5.73 Å². The highest BCUT2D eigenvalue weighted by Crippen LogP contribution is 2.30. The molecular weight excluding hydrogens is 280 g/mol. The average molecular weight is 298 g/mol. The second kappa shape index (κ2) is 6.20. The van der Waals surface area contributed by atoms with Crippen molar-refractivity contribution in [3.05, 3.63) is 53.9 Å². The van der Waals surface area contributed by atoms with E-state index in [-0.39, 0.29) is 6.04 Å². The number of nitrogens with zero attached hydrogens (tertiary/aromatic N) is 2. The van der Waals surface area contributed by atoms with E-state index in [2.05, 4.69) is 26.8 Å². The lowest BCUT2D eigenvalue weighted by Crippen LogP contribution is -2.17. The van der Waals surface area contributed by atoms with Crippen LogP contribution in [0.3, 0.4) is 0 Å². The number of pyridine rings is 1. The monoisotopic (exact) mass is 298 g/mol. The third kappa shape index (κ3) is 2.89. The number of hydrogen-bond acceptors (Lipinski definition) is 5. The highest BCUT2D eigenvalue weighted by Gasteiger charge is 2.18. The molecule has 1 atom stereocenters. The van der Waals surface area contributed by atoms with Gasteiger partial charge in [-0.25, -0.2) is 4.98 Å². The Kier molecular flexibility index (Phi) is 4.13. The number of rotatable bonds is 5. The second-order valence-corrected chi connectivity index (χ2v) is 5.81. The van der Waals surface area contributed by atoms with Crippen molar-refractivity contribution in [3.63, 3.8) is 0 Å². The van der Waals surface area contributed by atoms with Crippen molar-refractivity contribution in [2.75, 3.05) is 11.9 Å². The zero-order chi connectivity index (χ0) is 14.7. The van der Waals surface area contributed by atoms with Crippen molar-refractivity contribution in [1.82, 2.24) is 9.36 Å². The van der Waals surface area contributed by atoms with Gasteiger partial charge in [-0.1, -0.05) is 24.3 Å². The van der Waals surface area contributed by atoms with Gasteiger partial charge >= 0.3 is 0 Å². The first-order valence-electron chi connectivity index (χ1n) is 7.02. The van der Waals surface area contributed by atoms with Crippen molar-refractivity contribution >= 4 is 27.4 Å². The minimum absolute atomic E-state index is 0.0831. The van der Waals surface area contributed by atoms with Crippen LogP contribution in [0.1, 0.15) is 23.7 Å². The molecule has 0 aliphatic heterocycles. The maximum absolute atomic E-state index is 5.79. The molecule has 5 heteroatoms. The SMILES string of the molecule is Cc1cccnc1NC(CCN)c1nsc2ccccc12. The minimum Gasteiger partial charge on any atom is -0.361 e. The minimum atomic E-state index is 0.0831. The van der Waals surface area contributed by atoms with Crippen LogP contribution in [0.5, 0.6) is 0 Å². The van der Waals surface area contributed by atoms with Crippen molar-refractivity contribution < 1.29 is 0 Å². The number of fused-ring (bicyclic) bond motifs is 1. The lowest BCUT2D eigenvalue weighted by atomic mass is 10.1. The molecule has 3 N–H and O–H groups in total. The van der Waals surface area contributed by atoms with Crippen LogP contribution in [-0.2, 0) is 0 Å². The molecule has 2 heterocycles. The van der Waals surface area contributed by atoms with Crippen LogP contribution < -0.4 is 11.1 Å². The number of hydrogen-bond donors (Lipinski definition) is 2. The number of aryl methyl sites for hydroxylation is 1. The molecule has 3 rings (SSSR count). The van der Waals surface area contributed by atoms with Crippen molar-refractivity contribution in [3.8, 4) is 0 Å². The van der Waals surface area contributed by atoms with Gasteiger partial charge in [-0.15, -0.1) is 0 Å². The van der Waals surface area contributed by atoms with Crippen LogP contribution in [0.4, 0.5) is 5.82 Å². The van der Waals surface area contributed by atoms with E-state index in [0.717, 1.165) is 23.5 Å². The fourth-order valence-corrected chi connectivity index (χ4v) is 3.24. The first kappa shape index (κ1) is 14.0. The van der Waals surface area contributed by atoms with Crippen LogP contribution in [0.2, 0.25) is 0 Å². The van der Waals surface area contributed by atoms with E-state index in [0.29, 0.717) is 6.54 Å². The molecule has 3 aromatic rings. The molecule has 4 nitrogen and oxygen atoms in total. The van der Waals surface area contributed by atoms with Gasteiger partial charge in [0.05, 0.1) is 16.4 Å². The Bertz CT molecular complexity index is 738. The first-order chi connectivity index (χ1) is 10.3. The fraction of sp³-hybridized carbons (Fsp3) is 0.250. The molecule has 2 aromatic heterocycles. The van der Waals surface area contributed by atoms with Gasteiger partial charge in [0.25, 0.3) is 0 Å². The topological polar surface area (TPSA) is 63.8 Å². The zero-order valence-corrected chi connectivity index (χ0v) is 12.7. The standard InChI is InChI=1S/C16H18N4S/c1-11-5-4-10-18-16(11)19-13(8-9-17)15-12-6-2-3-7-14(12)21-20-15/h2-7,10,13H,8-9,17H2,1H3,(H,18,19). The zero-order valence-electron chi connectivity index (χ0n) is 11.9. The van der Waals surface area contributed by atoms with Gasteiger partial charge in [0.15, 0.2) is 0 Å². The van der Waals surface area contributed by atoms with Crippen molar-refractivity contribution in [1.29, 1.82) is 0 Å². The molecule has 0 aliphatic rings. The Morgan fingerprint density at radius 1 is 1.24 bits per heavy atom. The summed E-state index contributed by atoms with van der Waals surface area (Å²) in [4.78, 5) is 4.41. The molecule has 0 radical (unpaired) electrons. The van der Waals surface area contributed by atoms with Gasteiger partial charge in [-0.2, -0.15) is 4.37 Å². The summed E-state index contributed by atoms with van der Waals surface area (Å²) in [6.07, 6.45) is 2.62. The van der Waals surface area contributed by atoms with Gasteiger partial charge in [0.1, 0.15) is 5.82 Å². The van der Waals surface area contributed by atoms with Gasteiger partial charge < -0.3 is 11.1 Å². The molecule has 1 aromatic carbocycles. The number of aromatic nitrogens is 2. The van der Waals surface area contributed by atoms with E-state index in [1.165, 1.54) is 21.6 Å². The molecule has 0 amide bonds. The molecule has 0 saturated heterocycles. The second-order valence-electron chi connectivity index (χ2n) is 5.01. The summed E-state index contributed by atoms with van der Waals surface area (Å²) in [6, 6.07) is 12.4. The molecule has 0 saturated carbocycles. The summed E-state index contributed by atoms with van der Waals surface area (Å²) in [6.45, 7) is 2.66. The van der Waals surface area contributed by atoms with E-state index in [9.17, 15) is 0 Å². The highest BCUT2D eigenvalue weighted by atomic mass is 32.1. The Balaban J connectivity index is 1.96. The summed E-state index contributed by atoms with van der Waals surface area (Å²) in [5.74, 6) is 0.896. The summed E-state index contributed by atoms with van der Waals surface area (Å²) < 4.78 is 5.84. The van der Waals surface area contributed by atoms with Crippen LogP contribution >= 0.6 is 11.5 Å². The lowest BCUT2D eigenvalue weighted by Gasteiger charge is -2.18. The first-order valence-corrected chi connectivity index (χ1v) is 7.79. The number of nitrogens with one attached hydrogen (secondary N) is 1. The predicted octanol–water partition coefficient (Wildman–Crippen LogP) is 3.50. The fourth-order valence-electron chi connectivity index (χ4n) is 2.40. The average Bonchev–Trinajstić information content (AvgIpc) is 2.93. The van der Waals surface area contributed by atoms with Crippen molar-refractivity contribution in [2.45, 2.75) is 19.4 Å². The van der Waals surface area contributed by atoms with Crippen LogP contribution in [-0.4, -0.2) is 15.9 Å². The molecule has 0 fully saturated rings. The summed E-state index contributed by atoms with van der Waals surface area (Å²) in [5, 5.41) is 4.69. The highest BCUT2D eigenvalue weighted by molar-refractivity contribution is 7.13. The van der Waals surface area contributed by atoms with E-state index in [1.54, 1.807) is 6.20 Å². The van der Waals surface area contributed by atoms with Gasteiger partial charge in [-0.05, 0) is 49.1 Å². The molecule has 0 bridgehead atoms. The molecule has 21 heavy (non-hydrogen) atoms. The summed E-state index contributed by atoms with van der Waals surface area (Å²) in [7, 11) is 0. The molecular formula is C16H18N4S. The van der Waals surface area contributed by atoms with Crippen LogP contribution in [0, 0.1) is 6.92 Å². The molecule has 0 spiro atoms. The summed E-state index contributed by atoms with van der Waals surface area (Å²) in [5.41, 5.74) is 7.97. The predicted molar refractivity (Wildman–Crippen MR) is 88.6 cm³/mol. The summed E-state index contributed by atoms with van der Waals surface area (Å²) >= 11 is 1.53. The van der Waals surface area contributed by atoms with Crippen LogP contribution in [0.15, 0.2) is 42.6 Å². The third-order valence-electron chi connectivity index (χ3n) is 3.51. The third-order valence-corrected chi connectivity index (χ3v) is 4.35. The molecule has 0 aliphatic carbocycles. The largest absolute Gasteiger partial charge is 0.361 e. The van der Waals surface area contributed by atoms with E-state index >= 15 is 0 Å². The molecule has 1 unspecified atom stereocenters. The Morgan fingerprint density at radius 2 is 2.10 bits per heavy atom. The van der Waals surface area contributed by atoms with Gasteiger partial charge in [0.2, 0.25) is 0 Å². The van der Waals surface area contributed by atoms with E-state index in [1.807, 2.05) is 31.2 Å².